The molecule has 2 aliphatic rings. The molecule has 0 unspecified atom stereocenters. The van der Waals surface area contributed by atoms with E-state index < -0.39 is 5.41 Å². The van der Waals surface area contributed by atoms with Crippen LogP contribution in [0.1, 0.15) is 58.3 Å². The van der Waals surface area contributed by atoms with Crippen LogP contribution in [0.3, 0.4) is 0 Å². The lowest BCUT2D eigenvalue weighted by Crippen LogP contribution is -2.53. The second-order valence-electron chi connectivity index (χ2n) is 5.86. The van der Waals surface area contributed by atoms with Gasteiger partial charge in [-0.2, -0.15) is 0 Å². The van der Waals surface area contributed by atoms with Gasteiger partial charge in [-0.1, -0.05) is 31.3 Å². The second-order valence-corrected chi connectivity index (χ2v) is 5.86. The Kier molecular flexibility index (Phi) is 4.32. The molecule has 0 atom stereocenters. The minimum Gasteiger partial charge on any atom is -0.409 e. The molecule has 19 heavy (non-hydrogen) atoms. The van der Waals surface area contributed by atoms with Crippen LogP contribution in [0.15, 0.2) is 5.16 Å². The molecule has 2 aliphatic carbocycles. The van der Waals surface area contributed by atoms with Crippen molar-refractivity contribution in [3.63, 3.8) is 0 Å². The summed E-state index contributed by atoms with van der Waals surface area (Å²) in [6.45, 7) is 2.86. The normalized spacial score (nSPS) is 23.1. The van der Waals surface area contributed by atoms with Gasteiger partial charge in [-0.15, -0.1) is 0 Å². The van der Waals surface area contributed by atoms with Crippen molar-refractivity contribution in [2.45, 2.75) is 64.3 Å². The van der Waals surface area contributed by atoms with Crippen LogP contribution in [0.25, 0.3) is 0 Å². The Labute approximate surface area is 114 Å². The minimum absolute atomic E-state index is 0.0897. The first kappa shape index (κ1) is 14.2. The molecule has 2 rings (SSSR count). The molecule has 5 nitrogen and oxygen atoms in total. The molecule has 3 N–H and O–H groups in total. The number of hydrogen-bond donors (Lipinski definition) is 2. The van der Waals surface area contributed by atoms with E-state index in [-0.39, 0.29) is 11.7 Å². The lowest BCUT2D eigenvalue weighted by Gasteiger charge is -2.39. The number of amidine groups is 1. The van der Waals surface area contributed by atoms with Crippen molar-refractivity contribution >= 4 is 11.7 Å². The van der Waals surface area contributed by atoms with Crippen LogP contribution in [-0.2, 0) is 4.79 Å². The quantitative estimate of drug-likeness (QED) is 0.346. The zero-order valence-corrected chi connectivity index (χ0v) is 11.8. The van der Waals surface area contributed by atoms with Gasteiger partial charge in [-0.3, -0.25) is 4.79 Å². The number of nitrogens with zero attached hydrogens (tertiary/aromatic N) is 2. The van der Waals surface area contributed by atoms with Gasteiger partial charge < -0.3 is 15.8 Å². The molecule has 0 radical (unpaired) electrons. The summed E-state index contributed by atoms with van der Waals surface area (Å²) in [6, 6.07) is 0.387. The van der Waals surface area contributed by atoms with Crippen LogP contribution >= 0.6 is 0 Å². The maximum absolute atomic E-state index is 12.9. The van der Waals surface area contributed by atoms with Crippen molar-refractivity contribution < 1.29 is 10.0 Å². The average Bonchev–Trinajstić information content (AvgIpc) is 3.28. The Morgan fingerprint density at radius 1 is 1.37 bits per heavy atom. The molecule has 2 saturated carbocycles. The second kappa shape index (κ2) is 5.80. The molecule has 2 fully saturated rings. The maximum atomic E-state index is 12.9. The molecular weight excluding hydrogens is 242 g/mol. The molecule has 0 spiro atoms. The highest BCUT2D eigenvalue weighted by atomic mass is 16.4. The third-order valence-electron chi connectivity index (χ3n) is 4.43. The smallest absolute Gasteiger partial charge is 0.236 e. The minimum atomic E-state index is -0.745. The van der Waals surface area contributed by atoms with Crippen molar-refractivity contribution in [3.05, 3.63) is 0 Å². The first-order valence-electron chi connectivity index (χ1n) is 7.45. The van der Waals surface area contributed by atoms with Crippen LogP contribution in [0.2, 0.25) is 0 Å². The number of amides is 1. The van der Waals surface area contributed by atoms with Crippen LogP contribution in [0, 0.1) is 5.41 Å². The third-order valence-corrected chi connectivity index (χ3v) is 4.43. The third kappa shape index (κ3) is 2.69. The molecule has 1 amide bonds. The van der Waals surface area contributed by atoms with Crippen LogP contribution in [0.5, 0.6) is 0 Å². The molecule has 0 aromatic heterocycles. The van der Waals surface area contributed by atoms with Gasteiger partial charge in [-0.25, -0.2) is 0 Å². The topological polar surface area (TPSA) is 78.9 Å². The van der Waals surface area contributed by atoms with Crippen molar-refractivity contribution in [3.8, 4) is 0 Å². The van der Waals surface area contributed by atoms with E-state index in [2.05, 4.69) is 12.1 Å². The van der Waals surface area contributed by atoms with Crippen molar-refractivity contribution in [2.24, 2.45) is 16.3 Å². The highest BCUT2D eigenvalue weighted by Gasteiger charge is 2.48. The van der Waals surface area contributed by atoms with E-state index in [4.69, 9.17) is 10.9 Å². The summed E-state index contributed by atoms with van der Waals surface area (Å²) in [5.74, 6) is 0.200. The summed E-state index contributed by atoms with van der Waals surface area (Å²) in [6.07, 6.45) is 7.66. The predicted octanol–water partition coefficient (Wildman–Crippen LogP) is 2.08. The molecule has 0 bridgehead atoms. The number of nitrogens with two attached hydrogens (primary N) is 1. The van der Waals surface area contributed by atoms with Crippen LogP contribution in [-0.4, -0.2) is 34.4 Å². The zero-order chi connectivity index (χ0) is 13.9. The molecule has 0 aliphatic heterocycles. The lowest BCUT2D eigenvalue weighted by molar-refractivity contribution is -0.140. The van der Waals surface area contributed by atoms with Gasteiger partial charge in [0.25, 0.3) is 0 Å². The molecule has 0 aromatic rings. The van der Waals surface area contributed by atoms with Gasteiger partial charge in [0.1, 0.15) is 5.41 Å². The van der Waals surface area contributed by atoms with E-state index in [1.165, 1.54) is 0 Å². The van der Waals surface area contributed by atoms with Crippen molar-refractivity contribution in [2.75, 3.05) is 6.54 Å². The predicted molar refractivity (Wildman–Crippen MR) is 74.0 cm³/mol. The summed E-state index contributed by atoms with van der Waals surface area (Å²) in [4.78, 5) is 14.9. The fraction of sp³-hybridized carbons (Fsp3) is 0.857. The highest BCUT2D eigenvalue weighted by molar-refractivity contribution is 6.07. The SMILES string of the molecule is CCCN(C(=O)C1(C(N)=NO)CCCCC1)C1CC1. The largest absolute Gasteiger partial charge is 0.409 e. The highest BCUT2D eigenvalue weighted by Crippen LogP contribution is 2.41. The van der Waals surface area contributed by atoms with Gasteiger partial charge in [0.05, 0.1) is 0 Å². The maximum Gasteiger partial charge on any atom is 0.236 e. The summed E-state index contributed by atoms with van der Waals surface area (Å²) in [5, 5.41) is 12.2. The molecule has 108 valence electrons. The van der Waals surface area contributed by atoms with E-state index in [0.717, 1.165) is 45.1 Å². The molecule has 0 aromatic carbocycles. The van der Waals surface area contributed by atoms with E-state index >= 15 is 0 Å². The Hall–Kier alpha value is -1.26. The van der Waals surface area contributed by atoms with Crippen LogP contribution < -0.4 is 5.73 Å². The van der Waals surface area contributed by atoms with Crippen molar-refractivity contribution in [1.29, 1.82) is 0 Å². The zero-order valence-electron chi connectivity index (χ0n) is 11.8. The van der Waals surface area contributed by atoms with E-state index in [1.54, 1.807) is 0 Å². The number of carbonyl (C=O) groups excluding carboxylic acids is 1. The summed E-state index contributed by atoms with van der Waals surface area (Å²) < 4.78 is 0. The first-order valence-corrected chi connectivity index (χ1v) is 7.45. The number of oxime groups is 1. The first-order chi connectivity index (χ1) is 9.15. The number of rotatable bonds is 5. The fourth-order valence-corrected chi connectivity index (χ4v) is 3.18. The Balaban J connectivity index is 2.23. The Bertz CT molecular complexity index is 358. The van der Waals surface area contributed by atoms with E-state index in [1.807, 2.05) is 4.90 Å². The van der Waals surface area contributed by atoms with Gasteiger partial charge in [-0.05, 0) is 32.1 Å². The Morgan fingerprint density at radius 2 is 2.00 bits per heavy atom. The summed E-state index contributed by atoms with van der Waals surface area (Å²) >= 11 is 0. The molecule has 0 heterocycles. The monoisotopic (exact) mass is 267 g/mol. The number of carbonyl (C=O) groups is 1. The van der Waals surface area contributed by atoms with E-state index in [9.17, 15) is 4.79 Å². The lowest BCUT2D eigenvalue weighted by atomic mass is 9.72. The molecule has 0 saturated heterocycles. The fourth-order valence-electron chi connectivity index (χ4n) is 3.18. The average molecular weight is 267 g/mol. The molecule has 5 heteroatoms. The van der Waals surface area contributed by atoms with Crippen molar-refractivity contribution in [1.82, 2.24) is 4.90 Å². The standard InChI is InChI=1S/C14H25N3O2/c1-2-10-17(11-6-7-11)13(18)14(12(15)16-19)8-4-3-5-9-14/h11,19H,2-10H2,1H3,(H2,15,16). The van der Waals surface area contributed by atoms with E-state index in [0.29, 0.717) is 18.9 Å². The number of hydrogen-bond acceptors (Lipinski definition) is 3. The summed E-state index contributed by atoms with van der Waals surface area (Å²) in [5.41, 5.74) is 5.15. The van der Waals surface area contributed by atoms with Gasteiger partial charge in [0, 0.05) is 12.6 Å². The Morgan fingerprint density at radius 3 is 2.47 bits per heavy atom. The molecular formula is C14H25N3O2. The van der Waals surface area contributed by atoms with Gasteiger partial charge in [0.15, 0.2) is 5.84 Å². The summed E-state index contributed by atoms with van der Waals surface area (Å²) in [7, 11) is 0. The van der Waals surface area contributed by atoms with Crippen LogP contribution in [0.4, 0.5) is 0 Å². The van der Waals surface area contributed by atoms with Gasteiger partial charge in [0.2, 0.25) is 5.91 Å². The van der Waals surface area contributed by atoms with Gasteiger partial charge >= 0.3 is 0 Å².